The Balaban J connectivity index is 1.64. The number of thioether (sulfide) groups is 1. The van der Waals surface area contributed by atoms with E-state index in [9.17, 15) is 4.39 Å². The van der Waals surface area contributed by atoms with Crippen LogP contribution in [0.25, 0.3) is 5.69 Å². The van der Waals surface area contributed by atoms with Gasteiger partial charge in [-0.25, -0.2) is 9.07 Å². The van der Waals surface area contributed by atoms with Crippen LogP contribution < -0.4 is 5.73 Å². The van der Waals surface area contributed by atoms with Gasteiger partial charge in [0.05, 0.1) is 0 Å². The van der Waals surface area contributed by atoms with Crippen LogP contribution in [0.15, 0.2) is 59.8 Å². The monoisotopic (exact) mass is 382 g/mol. The Kier molecular flexibility index (Phi) is 4.79. The van der Waals surface area contributed by atoms with Crippen molar-refractivity contribution in [1.29, 1.82) is 0 Å². The largest absolute Gasteiger partial charge is 0.367 e. The topological polar surface area (TPSA) is 100 Å². The number of nitrogen functional groups attached to an aromatic ring is 1. The van der Waals surface area contributed by atoms with Crippen molar-refractivity contribution in [2.24, 2.45) is 0 Å². The fourth-order valence-corrected chi connectivity index (χ4v) is 3.45. The number of para-hydroxylation sites is 1. The van der Waals surface area contributed by atoms with E-state index in [0.717, 1.165) is 11.3 Å². The molecule has 4 aromatic rings. The molecule has 8 nitrogen and oxygen atoms in total. The lowest BCUT2D eigenvalue weighted by molar-refractivity contribution is 0.619. The molecule has 2 N–H and O–H groups in total. The molecule has 0 radical (unpaired) electrons. The Morgan fingerprint density at radius 3 is 2.44 bits per heavy atom. The minimum atomic E-state index is -0.252. The third kappa shape index (κ3) is 3.80. The van der Waals surface area contributed by atoms with Crippen LogP contribution in [0.1, 0.15) is 11.4 Å². The highest BCUT2D eigenvalue weighted by Gasteiger charge is 2.16. The number of anilines is 1. The number of nitrogens with two attached hydrogens (primary N) is 1. The lowest BCUT2D eigenvalue weighted by Crippen LogP contribution is -2.11. The summed E-state index contributed by atoms with van der Waals surface area (Å²) in [6, 6.07) is 16.2. The number of tetrazole rings is 1. The number of nitrogens with zero attached hydrogens (tertiary/aromatic N) is 7. The molecule has 10 heteroatoms. The zero-order valence-electron chi connectivity index (χ0n) is 14.1. The van der Waals surface area contributed by atoms with Gasteiger partial charge in [0.2, 0.25) is 5.95 Å². The van der Waals surface area contributed by atoms with Gasteiger partial charge in [0.25, 0.3) is 0 Å². The van der Waals surface area contributed by atoms with Gasteiger partial charge >= 0.3 is 0 Å². The number of halogens is 1. The van der Waals surface area contributed by atoms with Crippen LogP contribution in [0, 0.1) is 5.82 Å². The van der Waals surface area contributed by atoms with Crippen molar-refractivity contribution in [2.75, 3.05) is 5.73 Å². The van der Waals surface area contributed by atoms with E-state index in [4.69, 9.17) is 5.73 Å². The molecule has 0 spiro atoms. The molecule has 0 amide bonds. The highest BCUT2D eigenvalue weighted by molar-refractivity contribution is 7.98. The molecule has 0 aliphatic rings. The molecule has 0 saturated heterocycles. The van der Waals surface area contributed by atoms with E-state index in [2.05, 4.69) is 25.7 Å². The Hall–Kier alpha value is -3.27. The third-order valence-electron chi connectivity index (χ3n) is 3.85. The molecule has 0 aliphatic carbocycles. The summed E-state index contributed by atoms with van der Waals surface area (Å²) in [5, 5.41) is 20.4. The smallest absolute Gasteiger partial charge is 0.240 e. The van der Waals surface area contributed by atoms with Gasteiger partial charge in [-0.05, 0) is 40.3 Å². The van der Waals surface area contributed by atoms with E-state index >= 15 is 0 Å². The summed E-state index contributed by atoms with van der Waals surface area (Å²) < 4.78 is 16.5. The summed E-state index contributed by atoms with van der Waals surface area (Å²) in [7, 11) is 0. The lowest BCUT2D eigenvalue weighted by Gasteiger charge is -2.10. The van der Waals surface area contributed by atoms with Gasteiger partial charge in [-0.15, -0.1) is 10.2 Å². The van der Waals surface area contributed by atoms with Crippen molar-refractivity contribution in [3.8, 4) is 5.69 Å². The zero-order chi connectivity index (χ0) is 18.6. The van der Waals surface area contributed by atoms with Gasteiger partial charge in [0, 0.05) is 11.4 Å². The standard InChI is InChI=1S/C17H15FN8S/c18-13-8-6-12(7-9-13)11-27-17-22-20-15(10-25-16(19)21-23-24-25)26(17)14-4-2-1-3-5-14/h1-9H,10-11H2,(H2,19,21,24). The van der Waals surface area contributed by atoms with Crippen molar-refractivity contribution in [3.63, 3.8) is 0 Å². The minimum absolute atomic E-state index is 0.207. The maximum Gasteiger partial charge on any atom is 0.240 e. The van der Waals surface area contributed by atoms with Gasteiger partial charge in [0.15, 0.2) is 11.0 Å². The quantitative estimate of drug-likeness (QED) is 0.511. The van der Waals surface area contributed by atoms with E-state index in [1.165, 1.54) is 28.6 Å². The number of hydrogen-bond donors (Lipinski definition) is 1. The Bertz CT molecular complexity index is 1030. The maximum absolute atomic E-state index is 13.1. The second kappa shape index (κ2) is 7.54. The second-order valence-electron chi connectivity index (χ2n) is 5.68. The van der Waals surface area contributed by atoms with Crippen LogP contribution in [0.5, 0.6) is 0 Å². The van der Waals surface area contributed by atoms with E-state index < -0.39 is 0 Å². The maximum atomic E-state index is 13.1. The van der Waals surface area contributed by atoms with E-state index in [-0.39, 0.29) is 18.3 Å². The van der Waals surface area contributed by atoms with Crippen LogP contribution in [-0.4, -0.2) is 35.0 Å². The average molecular weight is 382 g/mol. The Labute approximate surface area is 158 Å². The van der Waals surface area contributed by atoms with Crippen LogP contribution in [0.4, 0.5) is 10.3 Å². The predicted molar refractivity (Wildman–Crippen MR) is 98.7 cm³/mol. The van der Waals surface area contributed by atoms with Crippen LogP contribution in [-0.2, 0) is 12.3 Å². The highest BCUT2D eigenvalue weighted by atomic mass is 32.2. The Morgan fingerprint density at radius 1 is 0.963 bits per heavy atom. The lowest BCUT2D eigenvalue weighted by atomic mass is 10.2. The van der Waals surface area contributed by atoms with Gasteiger partial charge < -0.3 is 5.73 Å². The first kappa shape index (κ1) is 17.2. The molecule has 2 aromatic carbocycles. The summed E-state index contributed by atoms with van der Waals surface area (Å²) in [4.78, 5) is 0. The highest BCUT2D eigenvalue weighted by Crippen LogP contribution is 2.25. The summed E-state index contributed by atoms with van der Waals surface area (Å²) >= 11 is 1.51. The molecular formula is C17H15FN8S. The Morgan fingerprint density at radius 2 is 1.74 bits per heavy atom. The molecule has 2 aromatic heterocycles. The summed E-state index contributed by atoms with van der Waals surface area (Å²) in [5.41, 5.74) is 7.68. The van der Waals surface area contributed by atoms with Crippen molar-refractivity contribution >= 4 is 17.7 Å². The minimum Gasteiger partial charge on any atom is -0.367 e. The molecule has 136 valence electrons. The molecule has 0 bridgehead atoms. The summed E-state index contributed by atoms with van der Waals surface area (Å²) in [5.74, 6) is 1.25. The fraction of sp³-hybridized carbons (Fsp3) is 0.118. The molecule has 2 heterocycles. The molecule has 27 heavy (non-hydrogen) atoms. The number of aromatic nitrogens is 7. The van der Waals surface area contributed by atoms with Gasteiger partial charge in [-0.3, -0.25) is 4.57 Å². The first-order valence-electron chi connectivity index (χ1n) is 8.09. The third-order valence-corrected chi connectivity index (χ3v) is 4.85. The molecule has 0 aliphatic heterocycles. The predicted octanol–water partition coefficient (Wildman–Crippen LogP) is 2.32. The van der Waals surface area contributed by atoms with Crippen molar-refractivity contribution in [2.45, 2.75) is 17.5 Å². The first-order chi connectivity index (χ1) is 13.2. The molecule has 0 atom stereocenters. The number of hydrogen-bond acceptors (Lipinski definition) is 7. The molecule has 0 saturated carbocycles. The average Bonchev–Trinajstić information content (AvgIpc) is 3.28. The number of benzene rings is 2. The van der Waals surface area contributed by atoms with E-state index in [1.54, 1.807) is 12.1 Å². The van der Waals surface area contributed by atoms with E-state index in [0.29, 0.717) is 16.7 Å². The normalized spacial score (nSPS) is 11.0. The zero-order valence-corrected chi connectivity index (χ0v) is 14.9. The molecule has 4 rings (SSSR count). The van der Waals surface area contributed by atoms with E-state index in [1.807, 2.05) is 34.9 Å². The van der Waals surface area contributed by atoms with Crippen LogP contribution in [0.2, 0.25) is 0 Å². The SMILES string of the molecule is Nc1nnnn1Cc1nnc(SCc2ccc(F)cc2)n1-c1ccccc1. The van der Waals surface area contributed by atoms with Crippen LogP contribution in [0.3, 0.4) is 0 Å². The van der Waals surface area contributed by atoms with Crippen molar-refractivity contribution < 1.29 is 4.39 Å². The van der Waals surface area contributed by atoms with Crippen molar-refractivity contribution in [3.05, 3.63) is 71.8 Å². The first-order valence-corrected chi connectivity index (χ1v) is 9.08. The molecule has 0 unspecified atom stereocenters. The molecule has 0 fully saturated rings. The summed E-state index contributed by atoms with van der Waals surface area (Å²) in [6.07, 6.45) is 0. The van der Waals surface area contributed by atoms with Crippen molar-refractivity contribution in [1.82, 2.24) is 35.0 Å². The van der Waals surface area contributed by atoms with Crippen LogP contribution >= 0.6 is 11.8 Å². The van der Waals surface area contributed by atoms with Gasteiger partial charge in [0.1, 0.15) is 12.4 Å². The summed E-state index contributed by atoms with van der Waals surface area (Å²) in [6.45, 7) is 0.290. The van der Waals surface area contributed by atoms with Gasteiger partial charge in [-0.2, -0.15) is 0 Å². The number of rotatable bonds is 6. The fourth-order valence-electron chi connectivity index (χ4n) is 2.52. The van der Waals surface area contributed by atoms with Gasteiger partial charge in [-0.1, -0.05) is 47.2 Å². The molecular weight excluding hydrogens is 367 g/mol. The second-order valence-corrected chi connectivity index (χ2v) is 6.62.